The smallest absolute Gasteiger partial charge is 0.0309 e. The fourth-order valence-corrected chi connectivity index (χ4v) is 3.95. The minimum atomic E-state index is 0.492. The molecule has 0 aromatic heterocycles. The summed E-state index contributed by atoms with van der Waals surface area (Å²) in [5.74, 6) is 0.795. The number of piperazine rings is 1. The maximum absolute atomic E-state index is 3.94. The zero-order chi connectivity index (χ0) is 11.9. The van der Waals surface area contributed by atoms with Gasteiger partial charge in [-0.1, -0.05) is 33.1 Å². The van der Waals surface area contributed by atoms with Crippen LogP contribution in [0.15, 0.2) is 0 Å². The second-order valence-corrected chi connectivity index (χ2v) is 6.94. The van der Waals surface area contributed by atoms with E-state index in [2.05, 4.69) is 24.1 Å². The van der Waals surface area contributed by atoms with Crippen molar-refractivity contribution in [1.29, 1.82) is 0 Å². The van der Waals surface area contributed by atoms with Crippen molar-refractivity contribution in [3.63, 3.8) is 0 Å². The van der Waals surface area contributed by atoms with Gasteiger partial charge >= 0.3 is 0 Å². The Hall–Kier alpha value is -0.0800. The molecule has 2 aliphatic carbocycles. The first-order valence-corrected chi connectivity index (χ1v) is 7.71. The van der Waals surface area contributed by atoms with E-state index < -0.39 is 0 Å². The van der Waals surface area contributed by atoms with Crippen molar-refractivity contribution in [3.8, 4) is 0 Å². The lowest BCUT2D eigenvalue weighted by Crippen LogP contribution is -2.66. The van der Waals surface area contributed by atoms with Crippen molar-refractivity contribution in [1.82, 2.24) is 10.2 Å². The second kappa shape index (κ2) is 4.55. The highest BCUT2D eigenvalue weighted by Gasteiger charge is 2.45. The molecule has 2 heteroatoms. The molecule has 2 nitrogen and oxygen atoms in total. The molecule has 0 amide bonds. The standard InChI is InChI=1S/C15H28N2/c1-12(2)14-10-16-15(8-4-3-5-9-15)11-17(14)13-6-7-13/h12-14,16H,3-11H2,1-2H3. The average Bonchev–Trinajstić information content (AvgIpc) is 3.13. The van der Waals surface area contributed by atoms with Gasteiger partial charge in [0.25, 0.3) is 0 Å². The van der Waals surface area contributed by atoms with E-state index in [-0.39, 0.29) is 0 Å². The van der Waals surface area contributed by atoms with E-state index in [0.717, 1.165) is 18.0 Å². The molecule has 0 radical (unpaired) electrons. The zero-order valence-corrected chi connectivity index (χ0v) is 11.5. The normalized spacial score (nSPS) is 34.4. The highest BCUT2D eigenvalue weighted by Crippen LogP contribution is 2.38. The predicted molar refractivity (Wildman–Crippen MR) is 72.2 cm³/mol. The van der Waals surface area contributed by atoms with Crippen molar-refractivity contribution in [2.75, 3.05) is 13.1 Å². The summed E-state index contributed by atoms with van der Waals surface area (Å²) >= 11 is 0. The van der Waals surface area contributed by atoms with Gasteiger partial charge in [0.05, 0.1) is 0 Å². The van der Waals surface area contributed by atoms with Gasteiger partial charge in [-0.25, -0.2) is 0 Å². The van der Waals surface area contributed by atoms with E-state index in [9.17, 15) is 0 Å². The molecule has 0 bridgehead atoms. The van der Waals surface area contributed by atoms with Crippen molar-refractivity contribution in [2.24, 2.45) is 5.92 Å². The van der Waals surface area contributed by atoms with Crippen molar-refractivity contribution in [2.45, 2.75) is 76.4 Å². The third-order valence-electron chi connectivity index (χ3n) is 5.19. The molecule has 0 aromatic carbocycles. The molecule has 1 atom stereocenters. The highest BCUT2D eigenvalue weighted by molar-refractivity contribution is 5.04. The quantitative estimate of drug-likeness (QED) is 0.793. The number of nitrogens with zero attached hydrogens (tertiary/aromatic N) is 1. The summed E-state index contributed by atoms with van der Waals surface area (Å²) in [6, 6.07) is 1.72. The van der Waals surface area contributed by atoms with Gasteiger partial charge in [0.1, 0.15) is 0 Å². The van der Waals surface area contributed by atoms with Crippen molar-refractivity contribution >= 4 is 0 Å². The molecule has 3 aliphatic rings. The Morgan fingerprint density at radius 2 is 1.82 bits per heavy atom. The van der Waals surface area contributed by atoms with E-state index in [1.165, 1.54) is 58.0 Å². The molecule has 1 unspecified atom stereocenters. The lowest BCUT2D eigenvalue weighted by Gasteiger charge is -2.51. The van der Waals surface area contributed by atoms with Crippen molar-refractivity contribution in [3.05, 3.63) is 0 Å². The van der Waals surface area contributed by atoms with Gasteiger partial charge in [-0.15, -0.1) is 0 Å². The Balaban J connectivity index is 1.71. The molecule has 3 rings (SSSR count). The van der Waals surface area contributed by atoms with E-state index in [0.29, 0.717) is 5.54 Å². The van der Waals surface area contributed by atoms with Crippen LogP contribution in [0.3, 0.4) is 0 Å². The summed E-state index contributed by atoms with van der Waals surface area (Å²) in [5, 5.41) is 3.94. The first-order chi connectivity index (χ1) is 8.20. The average molecular weight is 236 g/mol. The first kappa shape index (κ1) is 12.0. The molecule has 17 heavy (non-hydrogen) atoms. The van der Waals surface area contributed by atoms with E-state index in [1.54, 1.807) is 0 Å². The van der Waals surface area contributed by atoms with Crippen LogP contribution in [0.5, 0.6) is 0 Å². The summed E-state index contributed by atoms with van der Waals surface area (Å²) < 4.78 is 0. The second-order valence-electron chi connectivity index (χ2n) is 6.94. The molecule has 2 saturated carbocycles. The number of rotatable bonds is 2. The summed E-state index contributed by atoms with van der Waals surface area (Å²) in [4.78, 5) is 2.87. The molecule has 1 heterocycles. The summed E-state index contributed by atoms with van der Waals surface area (Å²) in [5.41, 5.74) is 0.492. The number of hydrogen-bond acceptors (Lipinski definition) is 2. The first-order valence-electron chi connectivity index (χ1n) is 7.71. The van der Waals surface area contributed by atoms with Gasteiger partial charge < -0.3 is 5.32 Å². The van der Waals surface area contributed by atoms with Crippen LogP contribution in [-0.2, 0) is 0 Å². The minimum absolute atomic E-state index is 0.492. The Morgan fingerprint density at radius 1 is 1.12 bits per heavy atom. The Morgan fingerprint density at radius 3 is 2.41 bits per heavy atom. The van der Waals surface area contributed by atoms with Gasteiger partial charge in [0, 0.05) is 30.7 Å². The van der Waals surface area contributed by atoms with Crippen LogP contribution in [0.1, 0.15) is 58.8 Å². The monoisotopic (exact) mass is 236 g/mol. The third kappa shape index (κ3) is 2.39. The van der Waals surface area contributed by atoms with Crippen LogP contribution in [0.2, 0.25) is 0 Å². The summed E-state index contributed by atoms with van der Waals surface area (Å²) in [6.45, 7) is 7.34. The van der Waals surface area contributed by atoms with Crippen LogP contribution in [-0.4, -0.2) is 35.6 Å². The van der Waals surface area contributed by atoms with Crippen molar-refractivity contribution < 1.29 is 0 Å². The van der Waals surface area contributed by atoms with Gasteiger partial charge in [0.2, 0.25) is 0 Å². The highest BCUT2D eigenvalue weighted by atomic mass is 15.3. The maximum atomic E-state index is 3.94. The van der Waals surface area contributed by atoms with Gasteiger partial charge in [-0.05, 0) is 31.6 Å². The van der Waals surface area contributed by atoms with E-state index in [4.69, 9.17) is 0 Å². The van der Waals surface area contributed by atoms with E-state index >= 15 is 0 Å². The Labute approximate surface area is 106 Å². The van der Waals surface area contributed by atoms with Gasteiger partial charge in [-0.3, -0.25) is 4.90 Å². The molecular formula is C15H28N2. The SMILES string of the molecule is CC(C)C1CNC2(CCCCC2)CN1C1CC1. The van der Waals surface area contributed by atoms with Crippen LogP contribution in [0.4, 0.5) is 0 Å². The lowest BCUT2D eigenvalue weighted by molar-refractivity contribution is 0.0306. The predicted octanol–water partition coefficient (Wildman–Crippen LogP) is 2.78. The molecule has 98 valence electrons. The summed E-state index contributed by atoms with van der Waals surface area (Å²) in [7, 11) is 0. The topological polar surface area (TPSA) is 15.3 Å². The minimum Gasteiger partial charge on any atom is -0.308 e. The van der Waals surface area contributed by atoms with Gasteiger partial charge in [-0.2, -0.15) is 0 Å². The largest absolute Gasteiger partial charge is 0.308 e. The van der Waals surface area contributed by atoms with Crippen LogP contribution >= 0.6 is 0 Å². The Kier molecular flexibility index (Phi) is 3.20. The fourth-order valence-electron chi connectivity index (χ4n) is 3.95. The zero-order valence-electron chi connectivity index (χ0n) is 11.5. The molecule has 3 fully saturated rings. The summed E-state index contributed by atoms with van der Waals surface area (Å²) in [6.07, 6.45) is 10.1. The van der Waals surface area contributed by atoms with Crippen LogP contribution in [0, 0.1) is 5.92 Å². The Bertz CT molecular complexity index is 264. The third-order valence-corrected chi connectivity index (χ3v) is 5.19. The molecule has 1 saturated heterocycles. The maximum Gasteiger partial charge on any atom is 0.0309 e. The molecule has 1 spiro atoms. The van der Waals surface area contributed by atoms with Crippen LogP contribution < -0.4 is 5.32 Å². The number of hydrogen-bond donors (Lipinski definition) is 1. The molecule has 1 N–H and O–H groups in total. The molecular weight excluding hydrogens is 208 g/mol. The van der Waals surface area contributed by atoms with Gasteiger partial charge in [0.15, 0.2) is 0 Å². The van der Waals surface area contributed by atoms with E-state index in [1.807, 2.05) is 0 Å². The number of nitrogens with one attached hydrogen (secondary N) is 1. The fraction of sp³-hybridized carbons (Fsp3) is 1.00. The molecule has 0 aromatic rings. The molecule has 1 aliphatic heterocycles. The van der Waals surface area contributed by atoms with Crippen LogP contribution in [0.25, 0.3) is 0 Å². The lowest BCUT2D eigenvalue weighted by atomic mass is 9.78.